The number of amides is 3. The summed E-state index contributed by atoms with van der Waals surface area (Å²) in [6, 6.07) is 13.8. The van der Waals surface area contributed by atoms with E-state index in [1.165, 1.54) is 19.2 Å². The fraction of sp³-hybridized carbons (Fsp3) is 0.286. The summed E-state index contributed by atoms with van der Waals surface area (Å²) in [5, 5.41) is 2.80. The van der Waals surface area contributed by atoms with Crippen molar-refractivity contribution >= 4 is 29.4 Å². The minimum absolute atomic E-state index is 0.0728. The van der Waals surface area contributed by atoms with Crippen LogP contribution < -0.4 is 11.1 Å². The van der Waals surface area contributed by atoms with Gasteiger partial charge in [-0.3, -0.25) is 14.5 Å². The molecule has 0 radical (unpaired) electrons. The standard InChI is InChI=1S/C28H30FN5O5/c1-18-22(26(30)36)15-24(34(18)16-20-5-3-4-6-23(20)29)25(35)17-32-11-13-33(14-12-32)28(38)31-21-9-7-19(8-10-21)27(37)39-2/h3-10,15H,11-14,16-17H2,1-2H3,(H2,30,36)(H,31,38). The Hall–Kier alpha value is -4.51. The molecule has 204 valence electrons. The number of anilines is 1. The molecule has 10 nitrogen and oxygen atoms in total. The molecule has 3 aromatic rings. The second kappa shape index (κ2) is 11.9. The topological polar surface area (TPSA) is 127 Å². The summed E-state index contributed by atoms with van der Waals surface area (Å²) >= 11 is 0. The molecule has 0 unspecified atom stereocenters. The van der Waals surface area contributed by atoms with Crippen LogP contribution in [0.1, 0.15) is 42.5 Å². The molecule has 3 amide bonds. The average Bonchev–Trinajstić information content (AvgIpc) is 3.26. The van der Waals surface area contributed by atoms with E-state index in [0.717, 1.165) is 0 Å². The van der Waals surface area contributed by atoms with Crippen molar-refractivity contribution < 1.29 is 28.3 Å². The van der Waals surface area contributed by atoms with E-state index in [-0.39, 0.29) is 36.2 Å². The van der Waals surface area contributed by atoms with E-state index in [4.69, 9.17) is 5.73 Å². The van der Waals surface area contributed by atoms with E-state index in [1.54, 1.807) is 58.9 Å². The van der Waals surface area contributed by atoms with Gasteiger partial charge in [-0.05, 0) is 43.3 Å². The number of primary amides is 1. The quantitative estimate of drug-likeness (QED) is 0.337. The van der Waals surface area contributed by atoms with E-state index in [9.17, 15) is 23.6 Å². The van der Waals surface area contributed by atoms with Crippen molar-refractivity contribution in [2.24, 2.45) is 5.73 Å². The van der Waals surface area contributed by atoms with Crippen LogP contribution in [0.4, 0.5) is 14.9 Å². The Bertz CT molecular complexity index is 1390. The van der Waals surface area contributed by atoms with Crippen LogP contribution in [0.3, 0.4) is 0 Å². The van der Waals surface area contributed by atoms with Gasteiger partial charge in [-0.25, -0.2) is 14.0 Å². The van der Waals surface area contributed by atoms with E-state index >= 15 is 0 Å². The number of hydrogen-bond donors (Lipinski definition) is 2. The van der Waals surface area contributed by atoms with E-state index < -0.39 is 17.7 Å². The average molecular weight is 536 g/mol. The molecule has 2 aromatic carbocycles. The molecule has 1 aliphatic rings. The summed E-state index contributed by atoms with van der Waals surface area (Å²) in [5.74, 6) is -1.75. The number of piperazine rings is 1. The van der Waals surface area contributed by atoms with E-state index in [1.807, 2.05) is 4.90 Å². The number of carbonyl (C=O) groups excluding carboxylic acids is 4. The molecule has 1 fully saturated rings. The highest BCUT2D eigenvalue weighted by Gasteiger charge is 2.26. The molecule has 0 bridgehead atoms. The lowest BCUT2D eigenvalue weighted by atomic mass is 10.2. The first-order valence-electron chi connectivity index (χ1n) is 12.4. The van der Waals surface area contributed by atoms with Crippen molar-refractivity contribution in [3.8, 4) is 0 Å². The normalized spacial score (nSPS) is 13.7. The molecule has 4 rings (SSSR count). The zero-order valence-corrected chi connectivity index (χ0v) is 21.8. The number of benzene rings is 2. The summed E-state index contributed by atoms with van der Waals surface area (Å²) in [5.41, 5.74) is 7.82. The minimum Gasteiger partial charge on any atom is -0.465 e. The van der Waals surface area contributed by atoms with Gasteiger partial charge in [-0.15, -0.1) is 0 Å². The van der Waals surface area contributed by atoms with Crippen LogP contribution in [0.25, 0.3) is 0 Å². The Balaban J connectivity index is 1.38. The molecule has 1 aromatic heterocycles. The summed E-state index contributed by atoms with van der Waals surface area (Å²) in [7, 11) is 1.30. The number of halogens is 1. The van der Waals surface area contributed by atoms with Gasteiger partial charge in [0.2, 0.25) is 0 Å². The number of rotatable bonds is 8. The third-order valence-electron chi connectivity index (χ3n) is 6.79. The molecular formula is C28H30FN5O5. The first-order chi connectivity index (χ1) is 18.7. The van der Waals surface area contributed by atoms with Crippen molar-refractivity contribution in [3.63, 3.8) is 0 Å². The van der Waals surface area contributed by atoms with Crippen molar-refractivity contribution in [3.05, 3.63) is 88.5 Å². The smallest absolute Gasteiger partial charge is 0.337 e. The number of nitrogens with two attached hydrogens (primary N) is 1. The number of methoxy groups -OCH3 is 1. The summed E-state index contributed by atoms with van der Waals surface area (Å²) < 4.78 is 20.6. The number of nitrogens with zero attached hydrogens (tertiary/aromatic N) is 3. The molecule has 11 heteroatoms. The van der Waals surface area contributed by atoms with Crippen LogP contribution in [-0.2, 0) is 11.3 Å². The molecule has 0 spiro atoms. The second-order valence-corrected chi connectivity index (χ2v) is 9.26. The number of carbonyl (C=O) groups is 4. The summed E-state index contributed by atoms with van der Waals surface area (Å²) in [6.07, 6.45) is 0. The third-order valence-corrected chi connectivity index (χ3v) is 6.79. The van der Waals surface area contributed by atoms with Gasteiger partial charge in [-0.1, -0.05) is 18.2 Å². The number of ether oxygens (including phenoxy) is 1. The van der Waals surface area contributed by atoms with Gasteiger partial charge in [-0.2, -0.15) is 0 Å². The fourth-order valence-corrected chi connectivity index (χ4v) is 4.53. The van der Waals surface area contributed by atoms with Gasteiger partial charge in [0.25, 0.3) is 5.91 Å². The largest absolute Gasteiger partial charge is 0.465 e. The number of nitrogens with one attached hydrogen (secondary N) is 1. The summed E-state index contributed by atoms with van der Waals surface area (Å²) in [4.78, 5) is 53.1. The highest BCUT2D eigenvalue weighted by atomic mass is 19.1. The fourth-order valence-electron chi connectivity index (χ4n) is 4.53. The zero-order chi connectivity index (χ0) is 28.1. The lowest BCUT2D eigenvalue weighted by Crippen LogP contribution is -2.51. The molecule has 1 aliphatic heterocycles. The lowest BCUT2D eigenvalue weighted by Gasteiger charge is -2.34. The van der Waals surface area contributed by atoms with Gasteiger partial charge in [0.1, 0.15) is 5.82 Å². The molecule has 0 saturated carbocycles. The monoisotopic (exact) mass is 535 g/mol. The Morgan fingerprint density at radius 2 is 1.67 bits per heavy atom. The van der Waals surface area contributed by atoms with Gasteiger partial charge < -0.3 is 25.3 Å². The first kappa shape index (κ1) is 27.5. The van der Waals surface area contributed by atoms with Crippen molar-refractivity contribution in [1.82, 2.24) is 14.4 Å². The molecular weight excluding hydrogens is 505 g/mol. The summed E-state index contributed by atoms with van der Waals surface area (Å²) in [6.45, 7) is 3.58. The highest BCUT2D eigenvalue weighted by Crippen LogP contribution is 2.20. The number of Topliss-reactive ketones (excluding diaryl/α,β-unsaturated/α-hetero) is 1. The molecule has 3 N–H and O–H groups in total. The Kier molecular flexibility index (Phi) is 8.40. The van der Waals surface area contributed by atoms with E-state index in [0.29, 0.717) is 48.7 Å². The van der Waals surface area contributed by atoms with Crippen LogP contribution in [-0.4, -0.2) is 77.9 Å². The molecule has 1 saturated heterocycles. The Labute approximate surface area is 225 Å². The van der Waals surface area contributed by atoms with Crippen molar-refractivity contribution in [1.29, 1.82) is 0 Å². The highest BCUT2D eigenvalue weighted by molar-refractivity contribution is 6.01. The number of urea groups is 1. The molecule has 0 atom stereocenters. The maximum Gasteiger partial charge on any atom is 0.337 e. The second-order valence-electron chi connectivity index (χ2n) is 9.26. The minimum atomic E-state index is -0.659. The SMILES string of the molecule is COC(=O)c1ccc(NC(=O)N2CCN(CC(=O)c3cc(C(N)=O)c(C)n3Cc3ccccc3F)CC2)cc1. The van der Waals surface area contributed by atoms with Crippen molar-refractivity contribution in [2.45, 2.75) is 13.5 Å². The van der Waals surface area contributed by atoms with Crippen LogP contribution in [0.2, 0.25) is 0 Å². The number of aromatic nitrogens is 1. The van der Waals surface area contributed by atoms with Crippen LogP contribution in [0.15, 0.2) is 54.6 Å². The van der Waals surface area contributed by atoms with Gasteiger partial charge >= 0.3 is 12.0 Å². The molecule has 39 heavy (non-hydrogen) atoms. The van der Waals surface area contributed by atoms with Gasteiger partial charge in [0.05, 0.1) is 37.0 Å². The zero-order valence-electron chi connectivity index (χ0n) is 21.8. The number of ketones is 1. The van der Waals surface area contributed by atoms with Crippen LogP contribution >= 0.6 is 0 Å². The molecule has 2 heterocycles. The predicted molar refractivity (Wildman–Crippen MR) is 142 cm³/mol. The van der Waals surface area contributed by atoms with Crippen LogP contribution in [0, 0.1) is 12.7 Å². The Morgan fingerprint density at radius 3 is 2.28 bits per heavy atom. The predicted octanol–water partition coefficient (Wildman–Crippen LogP) is 2.90. The van der Waals surface area contributed by atoms with Crippen molar-refractivity contribution in [2.75, 3.05) is 45.2 Å². The lowest BCUT2D eigenvalue weighted by molar-refractivity contribution is 0.0600. The third kappa shape index (κ3) is 6.32. The maximum absolute atomic E-state index is 14.3. The van der Waals surface area contributed by atoms with E-state index in [2.05, 4.69) is 10.1 Å². The van der Waals surface area contributed by atoms with Gasteiger partial charge in [0, 0.05) is 43.1 Å². The van der Waals surface area contributed by atoms with Gasteiger partial charge in [0.15, 0.2) is 5.78 Å². The number of esters is 1. The molecule has 0 aliphatic carbocycles. The number of hydrogen-bond acceptors (Lipinski definition) is 6. The first-order valence-corrected chi connectivity index (χ1v) is 12.4. The maximum atomic E-state index is 14.3. The van der Waals surface area contributed by atoms with Crippen LogP contribution in [0.5, 0.6) is 0 Å². The Morgan fingerprint density at radius 1 is 1.00 bits per heavy atom.